The molecule has 3 rings (SSSR count). The molecular weight excluding hydrogens is 256 g/mol. The number of benzene rings is 1. The van der Waals surface area contributed by atoms with Gasteiger partial charge in [0.1, 0.15) is 5.75 Å². The molecule has 1 aromatic heterocycles. The Morgan fingerprint density at radius 2 is 2.10 bits per heavy atom. The number of nitrogens with zero attached hydrogens (tertiary/aromatic N) is 3. The Hall–Kier alpha value is -2.63. The van der Waals surface area contributed by atoms with Crippen LogP contribution in [0.15, 0.2) is 36.5 Å². The van der Waals surface area contributed by atoms with Gasteiger partial charge in [0, 0.05) is 18.3 Å². The van der Waals surface area contributed by atoms with E-state index in [2.05, 4.69) is 9.97 Å². The van der Waals surface area contributed by atoms with Crippen molar-refractivity contribution in [3.63, 3.8) is 0 Å². The molecule has 6 heteroatoms. The molecule has 0 saturated heterocycles. The molecule has 0 radical (unpaired) electrons. The Labute approximate surface area is 116 Å². The third kappa shape index (κ3) is 2.54. The smallest absolute Gasteiger partial charge is 0.261 e. The number of nitrogen functional groups attached to an aromatic ring is 1. The Morgan fingerprint density at radius 3 is 2.90 bits per heavy atom. The van der Waals surface area contributed by atoms with Gasteiger partial charge in [-0.2, -0.15) is 0 Å². The highest BCUT2D eigenvalue weighted by Gasteiger charge is 2.25. The van der Waals surface area contributed by atoms with Crippen molar-refractivity contribution in [1.29, 1.82) is 0 Å². The Kier molecular flexibility index (Phi) is 3.20. The fourth-order valence-corrected chi connectivity index (χ4v) is 2.10. The van der Waals surface area contributed by atoms with E-state index in [0.717, 1.165) is 11.3 Å². The second-order valence-electron chi connectivity index (χ2n) is 4.55. The van der Waals surface area contributed by atoms with E-state index < -0.39 is 0 Å². The van der Waals surface area contributed by atoms with Crippen molar-refractivity contribution >= 4 is 11.9 Å². The molecule has 1 aliphatic rings. The van der Waals surface area contributed by atoms with Crippen molar-refractivity contribution in [2.45, 2.75) is 13.1 Å². The van der Waals surface area contributed by atoms with E-state index in [0.29, 0.717) is 18.8 Å². The number of rotatable bonds is 3. The first-order valence-electron chi connectivity index (χ1n) is 6.28. The number of ether oxygens (including phenoxy) is 1. The van der Waals surface area contributed by atoms with E-state index in [-0.39, 0.29) is 18.5 Å². The second-order valence-corrected chi connectivity index (χ2v) is 4.55. The van der Waals surface area contributed by atoms with E-state index in [4.69, 9.17) is 10.5 Å². The van der Waals surface area contributed by atoms with Crippen LogP contribution < -0.4 is 10.5 Å². The molecule has 0 saturated carbocycles. The van der Waals surface area contributed by atoms with E-state index in [1.54, 1.807) is 11.1 Å². The average molecular weight is 270 g/mol. The predicted molar refractivity (Wildman–Crippen MR) is 72.6 cm³/mol. The lowest BCUT2D eigenvalue weighted by atomic mass is 10.3. The zero-order valence-corrected chi connectivity index (χ0v) is 10.8. The molecule has 2 N–H and O–H groups in total. The molecule has 6 nitrogen and oxygen atoms in total. The number of para-hydroxylation sites is 1. The van der Waals surface area contributed by atoms with Crippen molar-refractivity contribution in [1.82, 2.24) is 14.9 Å². The van der Waals surface area contributed by atoms with Gasteiger partial charge in [0.05, 0.1) is 12.2 Å². The van der Waals surface area contributed by atoms with Gasteiger partial charge in [-0.3, -0.25) is 4.79 Å². The molecule has 0 bridgehead atoms. The highest BCUT2D eigenvalue weighted by Crippen LogP contribution is 2.20. The van der Waals surface area contributed by atoms with Crippen molar-refractivity contribution in [2.24, 2.45) is 0 Å². The number of carbonyl (C=O) groups excluding carboxylic acids is 1. The third-order valence-electron chi connectivity index (χ3n) is 3.13. The molecule has 0 atom stereocenters. The van der Waals surface area contributed by atoms with Gasteiger partial charge in [0.25, 0.3) is 5.91 Å². The summed E-state index contributed by atoms with van der Waals surface area (Å²) in [5.41, 5.74) is 7.28. The highest BCUT2D eigenvalue weighted by atomic mass is 16.5. The number of hydrogen-bond donors (Lipinski definition) is 1. The molecule has 1 aliphatic heterocycles. The molecule has 0 spiro atoms. The summed E-state index contributed by atoms with van der Waals surface area (Å²) in [5, 5.41) is 0. The van der Waals surface area contributed by atoms with Crippen LogP contribution in [0, 0.1) is 0 Å². The van der Waals surface area contributed by atoms with E-state index >= 15 is 0 Å². The van der Waals surface area contributed by atoms with Crippen LogP contribution in [0.1, 0.15) is 11.3 Å². The minimum absolute atomic E-state index is 0.0148. The molecule has 0 fully saturated rings. The molecule has 102 valence electrons. The molecule has 1 amide bonds. The Bertz CT molecular complexity index is 630. The van der Waals surface area contributed by atoms with Gasteiger partial charge in [-0.25, -0.2) is 9.97 Å². The van der Waals surface area contributed by atoms with Gasteiger partial charge in [-0.1, -0.05) is 18.2 Å². The van der Waals surface area contributed by atoms with Crippen LogP contribution in [-0.4, -0.2) is 27.4 Å². The quantitative estimate of drug-likeness (QED) is 0.899. The first-order valence-corrected chi connectivity index (χ1v) is 6.28. The number of anilines is 1. The zero-order valence-electron chi connectivity index (χ0n) is 10.8. The van der Waals surface area contributed by atoms with Crippen molar-refractivity contribution in [2.75, 3.05) is 12.3 Å². The number of hydrogen-bond acceptors (Lipinski definition) is 5. The van der Waals surface area contributed by atoms with Crippen LogP contribution in [0.5, 0.6) is 5.75 Å². The first-order chi connectivity index (χ1) is 9.72. The highest BCUT2D eigenvalue weighted by molar-refractivity contribution is 5.78. The van der Waals surface area contributed by atoms with Crippen LogP contribution in [0.2, 0.25) is 0 Å². The average Bonchev–Trinajstić information content (AvgIpc) is 2.89. The third-order valence-corrected chi connectivity index (χ3v) is 3.13. The number of fused-ring (bicyclic) bond motifs is 1. The van der Waals surface area contributed by atoms with Crippen LogP contribution in [0.4, 0.5) is 5.95 Å². The number of amides is 1. The van der Waals surface area contributed by atoms with Gasteiger partial charge in [-0.15, -0.1) is 0 Å². The van der Waals surface area contributed by atoms with Gasteiger partial charge < -0.3 is 15.4 Å². The normalized spacial score (nSPS) is 13.1. The lowest BCUT2D eigenvalue weighted by Gasteiger charge is -2.15. The topological polar surface area (TPSA) is 81.3 Å². The first kappa shape index (κ1) is 12.4. The molecule has 2 heterocycles. The zero-order chi connectivity index (χ0) is 13.9. The van der Waals surface area contributed by atoms with Crippen LogP contribution in [0.25, 0.3) is 0 Å². The van der Waals surface area contributed by atoms with Crippen molar-refractivity contribution in [3.05, 3.63) is 47.8 Å². The summed E-state index contributed by atoms with van der Waals surface area (Å²) in [6, 6.07) is 9.26. The summed E-state index contributed by atoms with van der Waals surface area (Å²) in [7, 11) is 0. The standard InChI is InChI=1S/C14H14N4O2/c15-14-16-6-10-7-18(8-12(10)17-14)13(19)9-20-11-4-2-1-3-5-11/h1-6H,7-9H2,(H2,15,16,17). The Morgan fingerprint density at radius 1 is 1.30 bits per heavy atom. The van der Waals surface area contributed by atoms with Gasteiger partial charge in [-0.05, 0) is 12.1 Å². The van der Waals surface area contributed by atoms with Crippen LogP contribution in [-0.2, 0) is 17.9 Å². The number of carbonyl (C=O) groups is 1. The van der Waals surface area contributed by atoms with Gasteiger partial charge >= 0.3 is 0 Å². The van der Waals surface area contributed by atoms with Gasteiger partial charge in [0.15, 0.2) is 6.61 Å². The number of aromatic nitrogens is 2. The van der Waals surface area contributed by atoms with E-state index in [1.807, 2.05) is 30.3 Å². The maximum absolute atomic E-state index is 12.1. The molecule has 0 aliphatic carbocycles. The minimum atomic E-state index is -0.0783. The lowest BCUT2D eigenvalue weighted by molar-refractivity contribution is -0.134. The lowest BCUT2D eigenvalue weighted by Crippen LogP contribution is -2.30. The molecular formula is C14H14N4O2. The van der Waals surface area contributed by atoms with E-state index in [9.17, 15) is 4.79 Å². The van der Waals surface area contributed by atoms with Crippen LogP contribution in [0.3, 0.4) is 0 Å². The largest absolute Gasteiger partial charge is 0.484 e. The molecule has 1 aromatic carbocycles. The maximum atomic E-state index is 12.1. The van der Waals surface area contributed by atoms with Crippen molar-refractivity contribution < 1.29 is 9.53 Å². The second kappa shape index (κ2) is 5.16. The molecule has 20 heavy (non-hydrogen) atoms. The summed E-state index contributed by atoms with van der Waals surface area (Å²) in [6.07, 6.45) is 1.67. The minimum Gasteiger partial charge on any atom is -0.484 e. The Balaban J connectivity index is 1.60. The fraction of sp³-hybridized carbons (Fsp3) is 0.214. The van der Waals surface area contributed by atoms with Gasteiger partial charge in [0.2, 0.25) is 5.95 Å². The summed E-state index contributed by atoms with van der Waals surface area (Å²) in [5.74, 6) is 0.839. The molecule has 0 unspecified atom stereocenters. The van der Waals surface area contributed by atoms with E-state index in [1.165, 1.54) is 0 Å². The summed E-state index contributed by atoms with van der Waals surface area (Å²) >= 11 is 0. The predicted octanol–water partition coefficient (Wildman–Crippen LogP) is 0.980. The monoisotopic (exact) mass is 270 g/mol. The number of nitrogens with two attached hydrogens (primary N) is 1. The maximum Gasteiger partial charge on any atom is 0.261 e. The van der Waals surface area contributed by atoms with Crippen molar-refractivity contribution in [3.8, 4) is 5.75 Å². The summed E-state index contributed by atoms with van der Waals surface area (Å²) < 4.78 is 5.45. The summed E-state index contributed by atoms with van der Waals surface area (Å²) in [4.78, 5) is 21.8. The molecule has 2 aromatic rings. The SMILES string of the molecule is Nc1ncc2c(n1)CN(C(=O)COc1ccccc1)C2. The summed E-state index contributed by atoms with van der Waals surface area (Å²) in [6.45, 7) is 0.979. The van der Waals surface area contributed by atoms with Crippen LogP contribution >= 0.6 is 0 Å². The fourth-order valence-electron chi connectivity index (χ4n) is 2.10.